The zero-order valence-electron chi connectivity index (χ0n) is 14.5. The van der Waals surface area contributed by atoms with Gasteiger partial charge in [-0.25, -0.2) is 5.43 Å². The molecule has 0 aliphatic rings. The predicted molar refractivity (Wildman–Crippen MR) is 100 cm³/mol. The van der Waals surface area contributed by atoms with Gasteiger partial charge in [-0.1, -0.05) is 17.7 Å². The van der Waals surface area contributed by atoms with Gasteiger partial charge in [0.05, 0.1) is 20.4 Å². The summed E-state index contributed by atoms with van der Waals surface area (Å²) in [5.74, 6) is -0.622. The van der Waals surface area contributed by atoms with Crippen molar-refractivity contribution in [2.45, 2.75) is 6.92 Å². The van der Waals surface area contributed by atoms with Crippen LogP contribution in [-0.2, 0) is 9.59 Å². The molecule has 0 aliphatic carbocycles. The number of aryl methyl sites for hydroxylation is 1. The average molecular weight is 376 g/mol. The second kappa shape index (κ2) is 8.87. The SMILES string of the molecule is COc1ccc(/C=N/NC(=O)C(=O)Nc2cc(Cl)ccc2C)c(OC)c1. The number of nitrogens with one attached hydrogen (secondary N) is 2. The fourth-order valence-corrected chi connectivity index (χ4v) is 2.22. The number of methoxy groups -OCH3 is 2. The molecule has 7 nitrogen and oxygen atoms in total. The van der Waals surface area contributed by atoms with Crippen LogP contribution in [0.25, 0.3) is 0 Å². The molecule has 0 saturated heterocycles. The molecule has 2 N–H and O–H groups in total. The van der Waals surface area contributed by atoms with Gasteiger partial charge in [0.2, 0.25) is 0 Å². The van der Waals surface area contributed by atoms with Crippen LogP contribution in [0.5, 0.6) is 11.5 Å². The molecule has 0 atom stereocenters. The lowest BCUT2D eigenvalue weighted by atomic mass is 10.2. The number of hydrogen-bond acceptors (Lipinski definition) is 5. The highest BCUT2D eigenvalue weighted by Crippen LogP contribution is 2.23. The van der Waals surface area contributed by atoms with Gasteiger partial charge in [-0.2, -0.15) is 5.10 Å². The van der Waals surface area contributed by atoms with Crippen molar-refractivity contribution in [3.8, 4) is 11.5 Å². The summed E-state index contributed by atoms with van der Waals surface area (Å²) >= 11 is 5.89. The number of nitrogens with zero attached hydrogens (tertiary/aromatic N) is 1. The molecule has 2 aromatic rings. The van der Waals surface area contributed by atoms with Gasteiger partial charge in [-0.3, -0.25) is 9.59 Å². The third-order valence-electron chi connectivity index (χ3n) is 3.46. The molecule has 0 spiro atoms. The number of halogens is 1. The normalized spacial score (nSPS) is 10.5. The molecule has 0 bridgehead atoms. The Morgan fingerprint density at radius 2 is 1.85 bits per heavy atom. The summed E-state index contributed by atoms with van der Waals surface area (Å²) < 4.78 is 10.3. The fourth-order valence-electron chi connectivity index (χ4n) is 2.04. The molecule has 0 saturated carbocycles. The Morgan fingerprint density at radius 1 is 1.08 bits per heavy atom. The first-order valence-corrected chi connectivity index (χ1v) is 7.95. The first-order valence-electron chi connectivity index (χ1n) is 7.57. The second-order valence-electron chi connectivity index (χ2n) is 5.22. The highest BCUT2D eigenvalue weighted by molar-refractivity contribution is 6.40. The Kier molecular flexibility index (Phi) is 6.57. The van der Waals surface area contributed by atoms with Crippen LogP contribution in [0.1, 0.15) is 11.1 Å². The smallest absolute Gasteiger partial charge is 0.329 e. The van der Waals surface area contributed by atoms with Crippen molar-refractivity contribution in [3.05, 3.63) is 52.5 Å². The maximum atomic E-state index is 11.9. The Hall–Kier alpha value is -3.06. The molecular weight excluding hydrogens is 358 g/mol. The summed E-state index contributed by atoms with van der Waals surface area (Å²) in [6.07, 6.45) is 1.37. The quantitative estimate of drug-likeness (QED) is 0.477. The summed E-state index contributed by atoms with van der Waals surface area (Å²) in [6, 6.07) is 10.1. The third kappa shape index (κ3) is 4.97. The summed E-state index contributed by atoms with van der Waals surface area (Å²) in [4.78, 5) is 23.8. The Bertz CT molecular complexity index is 852. The molecule has 0 aliphatic heterocycles. The highest BCUT2D eigenvalue weighted by Gasteiger charge is 2.14. The van der Waals surface area contributed by atoms with Gasteiger partial charge >= 0.3 is 11.8 Å². The molecule has 26 heavy (non-hydrogen) atoms. The molecule has 2 amide bonds. The maximum Gasteiger partial charge on any atom is 0.329 e. The topological polar surface area (TPSA) is 89.0 Å². The number of carbonyl (C=O) groups is 2. The van der Waals surface area contributed by atoms with Gasteiger partial charge in [-0.15, -0.1) is 0 Å². The minimum Gasteiger partial charge on any atom is -0.497 e. The molecule has 0 fully saturated rings. The van der Waals surface area contributed by atoms with Gasteiger partial charge in [0.1, 0.15) is 11.5 Å². The lowest BCUT2D eigenvalue weighted by Gasteiger charge is -2.08. The van der Waals surface area contributed by atoms with Crippen molar-refractivity contribution >= 4 is 35.3 Å². The Morgan fingerprint density at radius 3 is 2.54 bits per heavy atom. The van der Waals surface area contributed by atoms with Crippen molar-refractivity contribution < 1.29 is 19.1 Å². The predicted octanol–water partition coefficient (Wildman–Crippen LogP) is 2.75. The third-order valence-corrected chi connectivity index (χ3v) is 3.70. The second-order valence-corrected chi connectivity index (χ2v) is 5.66. The molecule has 0 aromatic heterocycles. The van der Waals surface area contributed by atoms with Crippen LogP contribution in [-0.4, -0.2) is 32.2 Å². The standard InChI is InChI=1S/C18H18ClN3O4/c1-11-4-6-13(19)8-15(11)21-17(23)18(24)22-20-10-12-5-7-14(25-2)9-16(12)26-3/h4-10H,1-3H3,(H,21,23)(H,22,24)/b20-10+. The highest BCUT2D eigenvalue weighted by atomic mass is 35.5. The van der Waals surface area contributed by atoms with E-state index in [9.17, 15) is 9.59 Å². The van der Waals surface area contributed by atoms with E-state index < -0.39 is 11.8 Å². The van der Waals surface area contributed by atoms with Gasteiger partial charge in [0.15, 0.2) is 0 Å². The molecule has 2 aromatic carbocycles. The first kappa shape index (κ1) is 19.3. The van der Waals surface area contributed by atoms with Crippen molar-refractivity contribution in [2.24, 2.45) is 5.10 Å². The van der Waals surface area contributed by atoms with E-state index in [-0.39, 0.29) is 0 Å². The zero-order valence-corrected chi connectivity index (χ0v) is 15.3. The lowest BCUT2D eigenvalue weighted by molar-refractivity contribution is -0.136. The van der Waals surface area contributed by atoms with E-state index in [4.69, 9.17) is 21.1 Å². The number of hydrogen-bond donors (Lipinski definition) is 2. The maximum absolute atomic E-state index is 11.9. The van der Waals surface area contributed by atoms with Crippen LogP contribution in [0.4, 0.5) is 5.69 Å². The largest absolute Gasteiger partial charge is 0.497 e. The van der Waals surface area contributed by atoms with Crippen LogP contribution in [0.2, 0.25) is 5.02 Å². The molecule has 0 unspecified atom stereocenters. The van der Waals surface area contributed by atoms with Crippen molar-refractivity contribution in [1.29, 1.82) is 0 Å². The van der Waals surface area contributed by atoms with Gasteiger partial charge in [0.25, 0.3) is 0 Å². The summed E-state index contributed by atoms with van der Waals surface area (Å²) in [5.41, 5.74) is 4.01. The Balaban J connectivity index is 2.00. The van der Waals surface area contributed by atoms with Crippen LogP contribution >= 0.6 is 11.6 Å². The fraction of sp³-hybridized carbons (Fsp3) is 0.167. The average Bonchev–Trinajstić information content (AvgIpc) is 2.64. The molecule has 0 radical (unpaired) electrons. The van der Waals surface area contributed by atoms with E-state index in [0.29, 0.717) is 27.8 Å². The van der Waals surface area contributed by atoms with Crippen molar-refractivity contribution in [3.63, 3.8) is 0 Å². The van der Waals surface area contributed by atoms with Gasteiger partial charge < -0.3 is 14.8 Å². The molecule has 8 heteroatoms. The monoisotopic (exact) mass is 375 g/mol. The van der Waals surface area contributed by atoms with Gasteiger partial charge in [-0.05, 0) is 36.8 Å². The molecular formula is C18H18ClN3O4. The molecule has 136 valence electrons. The summed E-state index contributed by atoms with van der Waals surface area (Å²) in [5, 5.41) is 6.72. The Labute approximate surface area is 155 Å². The number of hydrazone groups is 1. The number of carbonyl (C=O) groups excluding carboxylic acids is 2. The van der Waals surface area contributed by atoms with E-state index in [0.717, 1.165) is 5.56 Å². The van der Waals surface area contributed by atoms with Crippen LogP contribution < -0.4 is 20.2 Å². The number of anilines is 1. The van der Waals surface area contributed by atoms with Crippen LogP contribution in [0.3, 0.4) is 0 Å². The van der Waals surface area contributed by atoms with Crippen molar-refractivity contribution in [2.75, 3.05) is 19.5 Å². The van der Waals surface area contributed by atoms with Gasteiger partial charge in [0, 0.05) is 22.3 Å². The number of rotatable bonds is 5. The number of amides is 2. The number of ether oxygens (including phenoxy) is 2. The number of benzene rings is 2. The van der Waals surface area contributed by atoms with E-state index in [1.54, 1.807) is 50.4 Å². The minimum absolute atomic E-state index is 0.455. The van der Waals surface area contributed by atoms with E-state index in [2.05, 4.69) is 15.8 Å². The van der Waals surface area contributed by atoms with Crippen molar-refractivity contribution in [1.82, 2.24) is 5.43 Å². The summed E-state index contributed by atoms with van der Waals surface area (Å²) in [6.45, 7) is 1.79. The van der Waals surface area contributed by atoms with E-state index >= 15 is 0 Å². The van der Waals surface area contributed by atoms with Crippen LogP contribution in [0, 0.1) is 6.92 Å². The minimum atomic E-state index is -0.909. The zero-order chi connectivity index (χ0) is 19.1. The molecule has 0 heterocycles. The lowest BCUT2D eigenvalue weighted by Crippen LogP contribution is -2.32. The van der Waals surface area contributed by atoms with E-state index in [1.165, 1.54) is 13.3 Å². The first-order chi connectivity index (χ1) is 12.4. The van der Waals surface area contributed by atoms with E-state index in [1.807, 2.05) is 0 Å². The summed E-state index contributed by atoms with van der Waals surface area (Å²) in [7, 11) is 3.05. The van der Waals surface area contributed by atoms with Crippen LogP contribution in [0.15, 0.2) is 41.5 Å². The molecule has 2 rings (SSSR count).